The standard InChI is InChI=1S/C54H66N10O11S/c1-7-47(65)55-20-21-58-54(71)74-32(2)40-26-33(12-19-43(40)64(72)73)30-63(24-22-56-48(66)11-9-8-10-46-50-42(31-76-46)59-53(70)60-50)25-23-57-51(67)34-13-16-37(41(27-34)52(68)69)49-38-17-14-35(61(3)4)28-44(38)75-45-29-36(62(5)6)15-18-39(45)49/h12-19,26-29,32,42,46,50H,7-11,20-25,30-31H2,1-6H3,(H6-,55,56,57,58,59,60,65,66,67,68,69,70,71). The zero-order valence-electron chi connectivity index (χ0n) is 43.6. The molecule has 0 aromatic heterocycles. The number of carboxylic acid groups (broad SMARTS) is 1. The van der Waals surface area contributed by atoms with Crippen molar-refractivity contribution in [2.75, 3.05) is 78.1 Å². The zero-order chi connectivity index (χ0) is 54.6. The van der Waals surface area contributed by atoms with Crippen molar-refractivity contribution < 1.29 is 48.0 Å². The van der Waals surface area contributed by atoms with Gasteiger partial charge in [0.15, 0.2) is 0 Å². The van der Waals surface area contributed by atoms with Gasteiger partial charge in [-0.05, 0) is 67.3 Å². The third-order valence-corrected chi connectivity index (χ3v) is 15.0. The van der Waals surface area contributed by atoms with E-state index in [-0.39, 0.29) is 103 Å². The number of thioether (sulfide) groups is 1. The molecule has 0 radical (unpaired) electrons. The number of nitro groups is 1. The van der Waals surface area contributed by atoms with Crippen LogP contribution in [0.5, 0.6) is 0 Å². The number of alkyl carbamates (subject to hydrolysis) is 1. The third-order valence-electron chi connectivity index (χ3n) is 13.5. The Hall–Kier alpha value is -7.72. The van der Waals surface area contributed by atoms with Gasteiger partial charge in [0.05, 0.1) is 34.6 Å². The van der Waals surface area contributed by atoms with Crippen molar-refractivity contribution in [3.8, 4) is 22.5 Å². The van der Waals surface area contributed by atoms with Crippen molar-refractivity contribution in [2.24, 2.45) is 0 Å². The fraction of sp³-hybridized carbons (Fsp3) is 0.426. The quantitative estimate of drug-likeness (QED) is 0.0128. The Morgan fingerprint density at radius 3 is 2.33 bits per heavy atom. The highest BCUT2D eigenvalue weighted by Crippen LogP contribution is 2.42. The van der Waals surface area contributed by atoms with E-state index < -0.39 is 29.0 Å². The van der Waals surface area contributed by atoms with Gasteiger partial charge in [-0.3, -0.25) is 29.4 Å². The smallest absolute Gasteiger partial charge is 0.407 e. The Morgan fingerprint density at radius 1 is 0.868 bits per heavy atom. The maximum absolute atomic E-state index is 13.9. The van der Waals surface area contributed by atoms with Gasteiger partial charge in [0, 0.05) is 135 Å². The number of unbranched alkanes of at least 4 members (excludes halogenated alkanes) is 1. The number of hydrogen-bond acceptors (Lipinski definition) is 14. The van der Waals surface area contributed by atoms with Crippen LogP contribution in [0, 0.1) is 10.1 Å². The number of fused-ring (bicyclic) bond motifs is 3. The van der Waals surface area contributed by atoms with Crippen LogP contribution in [0.2, 0.25) is 0 Å². The number of nitrogens with zero attached hydrogens (tertiary/aromatic N) is 4. The predicted molar refractivity (Wildman–Crippen MR) is 288 cm³/mol. The average Bonchev–Trinajstić information content (AvgIpc) is 3.98. The molecule has 3 aromatic rings. The molecule has 21 nitrogen and oxygen atoms in total. The molecule has 4 unspecified atom stereocenters. The topological polar surface area (TPSA) is 273 Å². The summed E-state index contributed by atoms with van der Waals surface area (Å²) in [6, 6.07) is 20.4. The zero-order valence-corrected chi connectivity index (χ0v) is 44.4. The number of aromatic carboxylic acids is 1. The summed E-state index contributed by atoms with van der Waals surface area (Å²) < 4.78 is 13.9. The van der Waals surface area contributed by atoms with Gasteiger partial charge in [0.1, 0.15) is 31.5 Å². The molecular weight excluding hydrogens is 997 g/mol. The van der Waals surface area contributed by atoms with E-state index in [1.54, 1.807) is 31.2 Å². The molecular formula is C54H66N10O11S. The summed E-state index contributed by atoms with van der Waals surface area (Å²) in [7, 11) is 7.65. The first kappa shape index (κ1) is 56.0. The SMILES string of the molecule is CCC(=O)NCCNC(=O)OC(C)c1cc(CN(CCNC(=O)CCCCC2SCC3NC(=O)NC32)CCNC(=O)c2ccc(-c3c4ccc(=[N+](C)C)cc-4oc4cc(N(C)C)ccc34)c(C(=O)[O-])c2)ccc1[N+](=O)[O-]. The van der Waals surface area contributed by atoms with E-state index in [0.717, 1.165) is 29.6 Å². The molecule has 404 valence electrons. The van der Waals surface area contributed by atoms with Crippen molar-refractivity contribution in [3.63, 3.8) is 0 Å². The molecule has 22 heteroatoms. The van der Waals surface area contributed by atoms with Crippen molar-refractivity contribution in [2.45, 2.75) is 75.9 Å². The van der Waals surface area contributed by atoms with Gasteiger partial charge in [-0.2, -0.15) is 11.8 Å². The van der Waals surface area contributed by atoms with Gasteiger partial charge in [-0.15, -0.1) is 0 Å². The van der Waals surface area contributed by atoms with E-state index in [2.05, 4.69) is 31.9 Å². The lowest BCUT2D eigenvalue weighted by Gasteiger charge is -2.24. The molecule has 7 rings (SSSR count). The van der Waals surface area contributed by atoms with Gasteiger partial charge in [-0.1, -0.05) is 25.5 Å². The molecule has 3 aromatic carbocycles. The number of amides is 6. The molecule has 1 aliphatic carbocycles. The van der Waals surface area contributed by atoms with E-state index in [9.17, 15) is 44.0 Å². The van der Waals surface area contributed by atoms with Crippen LogP contribution in [0.4, 0.5) is 21.0 Å². The van der Waals surface area contributed by atoms with E-state index >= 15 is 0 Å². The first-order valence-corrected chi connectivity index (χ1v) is 26.4. The molecule has 4 atom stereocenters. The number of ether oxygens (including phenoxy) is 1. The summed E-state index contributed by atoms with van der Waals surface area (Å²) >= 11 is 1.82. The van der Waals surface area contributed by atoms with E-state index in [4.69, 9.17) is 9.15 Å². The van der Waals surface area contributed by atoms with Crippen LogP contribution in [-0.2, 0) is 20.9 Å². The Labute approximate surface area is 444 Å². The molecule has 3 heterocycles. The van der Waals surface area contributed by atoms with Crippen LogP contribution in [0.3, 0.4) is 0 Å². The first-order chi connectivity index (χ1) is 36.4. The van der Waals surface area contributed by atoms with Crippen LogP contribution in [0.25, 0.3) is 33.4 Å². The molecule has 76 heavy (non-hydrogen) atoms. The van der Waals surface area contributed by atoms with Gasteiger partial charge in [0.25, 0.3) is 11.6 Å². The Balaban J connectivity index is 1.06. The summed E-state index contributed by atoms with van der Waals surface area (Å²) in [5, 5.41) is 44.0. The fourth-order valence-corrected chi connectivity index (χ4v) is 11.0. The minimum Gasteiger partial charge on any atom is -0.545 e. The maximum Gasteiger partial charge on any atom is 0.407 e. The maximum atomic E-state index is 13.9. The van der Waals surface area contributed by atoms with Gasteiger partial charge < -0.3 is 55.9 Å². The Bertz CT molecular complexity index is 3030. The van der Waals surface area contributed by atoms with E-state index in [0.29, 0.717) is 58.4 Å². The molecule has 6 amide bonds. The number of rotatable bonds is 24. The second-order valence-corrected chi connectivity index (χ2v) is 20.5. The lowest BCUT2D eigenvalue weighted by molar-refractivity contribution is -0.386. The Kier molecular flexibility index (Phi) is 18.9. The highest BCUT2D eigenvalue weighted by molar-refractivity contribution is 8.00. The summed E-state index contributed by atoms with van der Waals surface area (Å²) in [6.45, 7) is 4.56. The minimum atomic E-state index is -1.47. The van der Waals surface area contributed by atoms with Gasteiger partial charge in [-0.25, -0.2) is 14.2 Å². The molecule has 0 saturated carbocycles. The number of nitro benzene ring substituents is 1. The lowest BCUT2D eigenvalue weighted by atomic mass is 9.89. The summed E-state index contributed by atoms with van der Waals surface area (Å²) in [4.78, 5) is 91.4. The number of benzene rings is 4. The molecule has 0 spiro atoms. The van der Waals surface area contributed by atoms with E-state index in [1.807, 2.05) is 90.7 Å². The van der Waals surface area contributed by atoms with Crippen LogP contribution < -0.4 is 51.8 Å². The molecule has 2 fully saturated rings. The van der Waals surface area contributed by atoms with Gasteiger partial charge in [0.2, 0.25) is 17.2 Å². The average molecular weight is 1060 g/mol. The predicted octanol–water partition coefficient (Wildman–Crippen LogP) is 3.96. The van der Waals surface area contributed by atoms with Crippen molar-refractivity contribution in [1.82, 2.24) is 41.4 Å². The van der Waals surface area contributed by atoms with Gasteiger partial charge >= 0.3 is 12.1 Å². The number of carbonyl (C=O) groups excluding carboxylic acids is 6. The minimum absolute atomic E-state index is 0.0830. The second-order valence-electron chi connectivity index (χ2n) is 19.3. The van der Waals surface area contributed by atoms with E-state index in [1.165, 1.54) is 19.1 Å². The number of hydrogen-bond donors (Lipinski definition) is 6. The number of carbonyl (C=O) groups is 6. The molecule has 3 aliphatic heterocycles. The van der Waals surface area contributed by atoms with Crippen molar-refractivity contribution in [3.05, 3.63) is 111 Å². The third kappa shape index (κ3) is 14.2. The number of nitrogens with one attached hydrogen (secondary N) is 6. The summed E-state index contributed by atoms with van der Waals surface area (Å²) in [5.74, 6) is -0.939. The highest BCUT2D eigenvalue weighted by Gasteiger charge is 2.42. The summed E-state index contributed by atoms with van der Waals surface area (Å²) in [5.41, 5.74) is 3.43. The van der Waals surface area contributed by atoms with Crippen LogP contribution in [0.1, 0.15) is 83.9 Å². The molecule has 2 saturated heterocycles. The van der Waals surface area contributed by atoms with Crippen LogP contribution >= 0.6 is 11.8 Å². The van der Waals surface area contributed by atoms with Crippen LogP contribution in [0.15, 0.2) is 77.2 Å². The summed E-state index contributed by atoms with van der Waals surface area (Å²) in [6.07, 6.45) is 1.09. The lowest BCUT2D eigenvalue weighted by Crippen LogP contribution is -2.39. The fourth-order valence-electron chi connectivity index (χ4n) is 9.41. The second kappa shape index (κ2) is 25.7. The van der Waals surface area contributed by atoms with Crippen LogP contribution in [-0.4, -0.2) is 136 Å². The Morgan fingerprint density at radius 2 is 1.61 bits per heavy atom. The molecule has 6 N–H and O–H groups in total. The molecule has 4 aliphatic rings. The number of carboxylic acids is 1. The monoisotopic (exact) mass is 1060 g/mol. The van der Waals surface area contributed by atoms with Crippen molar-refractivity contribution >= 4 is 69.9 Å². The molecule has 0 bridgehead atoms. The van der Waals surface area contributed by atoms with Crippen molar-refractivity contribution in [1.29, 1.82) is 0 Å². The number of urea groups is 1. The first-order valence-electron chi connectivity index (χ1n) is 25.4. The largest absolute Gasteiger partial charge is 0.545 e. The normalized spacial score (nSPS) is 16.1. The number of anilines is 1. The highest BCUT2D eigenvalue weighted by atomic mass is 32.2.